The standard InChI is InChI=1S/C14H24N2O/c1-12(2)14(17,15-10-11-16(3)4)13-8-6-5-7-9-13/h5-9,12,15,17H,10-11H2,1-4H3. The van der Waals surface area contributed by atoms with Gasteiger partial charge in [0.1, 0.15) is 5.72 Å². The molecule has 2 N–H and O–H groups in total. The molecule has 0 aliphatic carbocycles. The summed E-state index contributed by atoms with van der Waals surface area (Å²) in [5, 5.41) is 14.0. The van der Waals surface area contributed by atoms with Crippen LogP contribution in [0.1, 0.15) is 19.4 Å². The van der Waals surface area contributed by atoms with Crippen molar-refractivity contribution in [1.29, 1.82) is 0 Å². The fourth-order valence-electron chi connectivity index (χ4n) is 1.80. The number of hydrogen-bond donors (Lipinski definition) is 2. The number of rotatable bonds is 6. The van der Waals surface area contributed by atoms with Gasteiger partial charge in [-0.15, -0.1) is 0 Å². The Hall–Kier alpha value is -0.900. The summed E-state index contributed by atoms with van der Waals surface area (Å²) in [5.41, 5.74) is -0.0224. The molecule has 1 unspecified atom stereocenters. The highest BCUT2D eigenvalue weighted by atomic mass is 16.3. The van der Waals surface area contributed by atoms with Crippen molar-refractivity contribution in [2.75, 3.05) is 27.2 Å². The van der Waals surface area contributed by atoms with Crippen LogP contribution in [-0.4, -0.2) is 37.2 Å². The van der Waals surface area contributed by atoms with Crippen molar-refractivity contribution < 1.29 is 5.11 Å². The molecule has 3 nitrogen and oxygen atoms in total. The summed E-state index contributed by atoms with van der Waals surface area (Å²) in [7, 11) is 4.05. The van der Waals surface area contributed by atoms with E-state index in [2.05, 4.69) is 10.2 Å². The van der Waals surface area contributed by atoms with E-state index in [1.165, 1.54) is 0 Å². The van der Waals surface area contributed by atoms with Crippen LogP contribution in [0.25, 0.3) is 0 Å². The van der Waals surface area contributed by atoms with E-state index in [1.54, 1.807) is 0 Å². The highest BCUT2D eigenvalue weighted by Crippen LogP contribution is 2.26. The average Bonchev–Trinajstić information content (AvgIpc) is 2.29. The van der Waals surface area contributed by atoms with Crippen molar-refractivity contribution >= 4 is 0 Å². The summed E-state index contributed by atoms with van der Waals surface area (Å²) in [6.45, 7) is 5.71. The van der Waals surface area contributed by atoms with Gasteiger partial charge in [0.05, 0.1) is 0 Å². The molecule has 0 saturated carbocycles. The molecule has 0 fully saturated rings. The zero-order valence-corrected chi connectivity index (χ0v) is 11.3. The van der Waals surface area contributed by atoms with Crippen LogP contribution in [-0.2, 0) is 5.72 Å². The predicted octanol–water partition coefficient (Wildman–Crippen LogP) is 1.64. The average molecular weight is 236 g/mol. The van der Waals surface area contributed by atoms with Gasteiger partial charge in [-0.2, -0.15) is 0 Å². The molecule has 0 aliphatic rings. The molecule has 1 atom stereocenters. The molecule has 96 valence electrons. The van der Waals surface area contributed by atoms with Crippen molar-refractivity contribution in [1.82, 2.24) is 10.2 Å². The van der Waals surface area contributed by atoms with Crippen LogP contribution in [0.2, 0.25) is 0 Å². The third-order valence-corrected chi connectivity index (χ3v) is 3.00. The number of nitrogens with one attached hydrogen (secondary N) is 1. The van der Waals surface area contributed by atoms with Crippen LogP contribution >= 0.6 is 0 Å². The zero-order chi connectivity index (χ0) is 12.9. The normalized spacial score (nSPS) is 15.2. The van der Waals surface area contributed by atoms with Crippen molar-refractivity contribution in [2.45, 2.75) is 19.6 Å². The minimum absolute atomic E-state index is 0.118. The predicted molar refractivity (Wildman–Crippen MR) is 71.7 cm³/mol. The summed E-state index contributed by atoms with van der Waals surface area (Å²) >= 11 is 0. The first-order valence-electron chi connectivity index (χ1n) is 6.14. The Morgan fingerprint density at radius 3 is 2.29 bits per heavy atom. The fourth-order valence-corrected chi connectivity index (χ4v) is 1.80. The molecule has 0 aromatic heterocycles. The van der Waals surface area contributed by atoms with Crippen LogP contribution in [0.5, 0.6) is 0 Å². The van der Waals surface area contributed by atoms with Gasteiger partial charge in [-0.1, -0.05) is 44.2 Å². The monoisotopic (exact) mass is 236 g/mol. The van der Waals surface area contributed by atoms with Crippen LogP contribution in [0.4, 0.5) is 0 Å². The van der Waals surface area contributed by atoms with Gasteiger partial charge in [-0.3, -0.25) is 5.32 Å². The first-order chi connectivity index (χ1) is 7.97. The van der Waals surface area contributed by atoms with Gasteiger partial charge in [-0.05, 0) is 19.7 Å². The van der Waals surface area contributed by atoms with Gasteiger partial charge in [0.15, 0.2) is 0 Å². The highest BCUT2D eigenvalue weighted by Gasteiger charge is 2.31. The summed E-state index contributed by atoms with van der Waals surface area (Å²) < 4.78 is 0. The maximum atomic E-state index is 10.7. The molecule has 3 heteroatoms. The second kappa shape index (κ2) is 6.15. The van der Waals surface area contributed by atoms with E-state index in [-0.39, 0.29) is 5.92 Å². The summed E-state index contributed by atoms with van der Waals surface area (Å²) in [6, 6.07) is 9.79. The smallest absolute Gasteiger partial charge is 0.144 e. The molecule has 1 aromatic carbocycles. The molecule has 1 rings (SSSR count). The molecule has 1 aromatic rings. The molecule has 0 radical (unpaired) electrons. The van der Waals surface area contributed by atoms with E-state index in [9.17, 15) is 5.11 Å². The quantitative estimate of drug-likeness (QED) is 0.737. The van der Waals surface area contributed by atoms with Gasteiger partial charge < -0.3 is 10.0 Å². The first kappa shape index (κ1) is 14.2. The number of nitrogens with zero attached hydrogens (tertiary/aromatic N) is 1. The van der Waals surface area contributed by atoms with Crippen molar-refractivity contribution in [3.05, 3.63) is 35.9 Å². The Balaban J connectivity index is 2.76. The van der Waals surface area contributed by atoms with Crippen LogP contribution in [0.3, 0.4) is 0 Å². The molecule has 0 aliphatic heterocycles. The van der Waals surface area contributed by atoms with Crippen molar-refractivity contribution in [3.63, 3.8) is 0 Å². The van der Waals surface area contributed by atoms with Gasteiger partial charge in [0.2, 0.25) is 0 Å². The van der Waals surface area contributed by atoms with Gasteiger partial charge >= 0.3 is 0 Å². The molecule has 0 saturated heterocycles. The van der Waals surface area contributed by atoms with Crippen LogP contribution in [0, 0.1) is 5.92 Å². The number of likely N-dealkylation sites (N-methyl/N-ethyl adjacent to an activating group) is 1. The third kappa shape index (κ3) is 3.80. The fraction of sp³-hybridized carbons (Fsp3) is 0.571. The Morgan fingerprint density at radius 1 is 1.24 bits per heavy atom. The Labute approximate surface area is 104 Å². The second-order valence-corrected chi connectivity index (χ2v) is 5.02. The molecule has 17 heavy (non-hydrogen) atoms. The molecule has 0 spiro atoms. The largest absolute Gasteiger partial charge is 0.371 e. The van der Waals surface area contributed by atoms with E-state index in [1.807, 2.05) is 58.3 Å². The minimum atomic E-state index is -0.947. The maximum absolute atomic E-state index is 10.7. The number of benzene rings is 1. The maximum Gasteiger partial charge on any atom is 0.144 e. The highest BCUT2D eigenvalue weighted by molar-refractivity contribution is 5.22. The van der Waals surface area contributed by atoms with Gasteiger partial charge in [-0.25, -0.2) is 0 Å². The van der Waals surface area contributed by atoms with Gasteiger partial charge in [0, 0.05) is 19.0 Å². The van der Waals surface area contributed by atoms with E-state index in [0.717, 1.165) is 18.7 Å². The second-order valence-electron chi connectivity index (χ2n) is 5.02. The lowest BCUT2D eigenvalue weighted by molar-refractivity contribution is -0.0443. The van der Waals surface area contributed by atoms with Gasteiger partial charge in [0.25, 0.3) is 0 Å². The molecule has 0 heterocycles. The lowest BCUT2D eigenvalue weighted by Gasteiger charge is -2.34. The Bertz CT molecular complexity index is 324. The molecular formula is C14H24N2O. The third-order valence-electron chi connectivity index (χ3n) is 3.00. The Morgan fingerprint density at radius 2 is 1.82 bits per heavy atom. The van der Waals surface area contributed by atoms with E-state index in [0.29, 0.717) is 0 Å². The summed E-state index contributed by atoms with van der Waals surface area (Å²) in [6.07, 6.45) is 0. The Kier molecular flexibility index (Phi) is 5.12. The molecule has 0 amide bonds. The van der Waals surface area contributed by atoms with Crippen molar-refractivity contribution in [2.24, 2.45) is 5.92 Å². The summed E-state index contributed by atoms with van der Waals surface area (Å²) in [4.78, 5) is 2.10. The number of hydrogen-bond acceptors (Lipinski definition) is 3. The lowest BCUT2D eigenvalue weighted by atomic mass is 9.91. The molecule has 0 bridgehead atoms. The topological polar surface area (TPSA) is 35.5 Å². The molecular weight excluding hydrogens is 212 g/mol. The van der Waals surface area contributed by atoms with Crippen LogP contribution in [0.15, 0.2) is 30.3 Å². The summed E-state index contributed by atoms with van der Waals surface area (Å²) in [5.74, 6) is 0.118. The minimum Gasteiger partial charge on any atom is -0.371 e. The first-order valence-corrected chi connectivity index (χ1v) is 6.14. The van der Waals surface area contributed by atoms with Crippen LogP contribution < -0.4 is 5.32 Å². The zero-order valence-electron chi connectivity index (χ0n) is 11.3. The van der Waals surface area contributed by atoms with Crippen molar-refractivity contribution in [3.8, 4) is 0 Å². The van der Waals surface area contributed by atoms with E-state index in [4.69, 9.17) is 0 Å². The van der Waals surface area contributed by atoms with E-state index >= 15 is 0 Å². The lowest BCUT2D eigenvalue weighted by Crippen LogP contribution is -2.48. The number of aliphatic hydroxyl groups is 1. The van der Waals surface area contributed by atoms with E-state index < -0.39 is 5.72 Å². The SMILES string of the molecule is CC(C)C(O)(NCCN(C)C)c1ccccc1.